The number of aromatic nitrogens is 1. The van der Waals surface area contributed by atoms with Gasteiger partial charge in [-0.25, -0.2) is 4.98 Å². The molecule has 96 valence electrons. The Balaban J connectivity index is 2.15. The Bertz CT molecular complexity index is 432. The van der Waals surface area contributed by atoms with Gasteiger partial charge in [-0.1, -0.05) is 5.92 Å². The third-order valence-corrected chi connectivity index (χ3v) is 3.48. The van der Waals surface area contributed by atoms with Crippen LogP contribution < -0.4 is 10.2 Å². The molecule has 0 aliphatic heterocycles. The SMILES string of the molecule is C#CCN(CC1CC1)c1cc(C(C)NC)ccn1. The van der Waals surface area contributed by atoms with Crippen molar-refractivity contribution in [1.82, 2.24) is 10.3 Å². The van der Waals surface area contributed by atoms with Crippen LogP contribution in [0, 0.1) is 18.3 Å². The highest BCUT2D eigenvalue weighted by Gasteiger charge is 2.24. The molecule has 0 saturated heterocycles. The van der Waals surface area contributed by atoms with Crippen molar-refractivity contribution in [2.75, 3.05) is 25.0 Å². The van der Waals surface area contributed by atoms with E-state index in [9.17, 15) is 0 Å². The molecule has 1 saturated carbocycles. The van der Waals surface area contributed by atoms with Crippen molar-refractivity contribution in [3.8, 4) is 12.3 Å². The Morgan fingerprint density at radius 3 is 3.00 bits per heavy atom. The minimum absolute atomic E-state index is 0.334. The third kappa shape index (κ3) is 3.24. The van der Waals surface area contributed by atoms with Gasteiger partial charge in [-0.3, -0.25) is 0 Å². The van der Waals surface area contributed by atoms with Crippen molar-refractivity contribution in [3.63, 3.8) is 0 Å². The molecule has 0 amide bonds. The van der Waals surface area contributed by atoms with Crippen LogP contribution in [0.2, 0.25) is 0 Å². The average molecular weight is 243 g/mol. The molecular formula is C15H21N3. The quantitative estimate of drug-likeness (QED) is 0.776. The van der Waals surface area contributed by atoms with E-state index in [2.05, 4.69) is 40.2 Å². The molecule has 2 rings (SSSR count). The van der Waals surface area contributed by atoms with Crippen molar-refractivity contribution in [1.29, 1.82) is 0 Å². The molecule has 0 radical (unpaired) electrons. The molecule has 3 nitrogen and oxygen atoms in total. The minimum atomic E-state index is 0.334. The Morgan fingerprint density at radius 1 is 1.61 bits per heavy atom. The Hall–Kier alpha value is -1.53. The highest BCUT2D eigenvalue weighted by atomic mass is 15.2. The fraction of sp³-hybridized carbons (Fsp3) is 0.533. The summed E-state index contributed by atoms with van der Waals surface area (Å²) in [5.41, 5.74) is 1.25. The third-order valence-electron chi connectivity index (χ3n) is 3.48. The van der Waals surface area contributed by atoms with Crippen molar-refractivity contribution in [2.45, 2.75) is 25.8 Å². The molecule has 1 N–H and O–H groups in total. The molecule has 1 atom stereocenters. The van der Waals surface area contributed by atoms with Crippen LogP contribution >= 0.6 is 0 Å². The zero-order valence-electron chi connectivity index (χ0n) is 11.2. The number of nitrogens with zero attached hydrogens (tertiary/aromatic N) is 2. The second kappa shape index (κ2) is 5.88. The highest BCUT2D eigenvalue weighted by molar-refractivity contribution is 5.43. The van der Waals surface area contributed by atoms with Gasteiger partial charge in [0.2, 0.25) is 0 Å². The lowest BCUT2D eigenvalue weighted by molar-refractivity contribution is 0.650. The van der Waals surface area contributed by atoms with Crippen molar-refractivity contribution >= 4 is 5.82 Å². The van der Waals surface area contributed by atoms with E-state index < -0.39 is 0 Å². The summed E-state index contributed by atoms with van der Waals surface area (Å²) < 4.78 is 0. The molecule has 18 heavy (non-hydrogen) atoms. The summed E-state index contributed by atoms with van der Waals surface area (Å²) in [4.78, 5) is 6.67. The number of terminal acetylenes is 1. The van der Waals surface area contributed by atoms with E-state index in [-0.39, 0.29) is 0 Å². The lowest BCUT2D eigenvalue weighted by Crippen LogP contribution is -2.27. The van der Waals surface area contributed by atoms with Crippen LogP contribution in [0.5, 0.6) is 0 Å². The van der Waals surface area contributed by atoms with Crippen LogP contribution in [0.15, 0.2) is 18.3 Å². The molecule has 1 aromatic heterocycles. The summed E-state index contributed by atoms with van der Waals surface area (Å²) in [6, 6.07) is 4.52. The summed E-state index contributed by atoms with van der Waals surface area (Å²) >= 11 is 0. The highest BCUT2D eigenvalue weighted by Crippen LogP contribution is 2.31. The Kier molecular flexibility index (Phi) is 4.22. The lowest BCUT2D eigenvalue weighted by atomic mass is 10.1. The van der Waals surface area contributed by atoms with E-state index in [0.29, 0.717) is 12.6 Å². The first-order valence-corrected chi connectivity index (χ1v) is 6.56. The summed E-state index contributed by atoms with van der Waals surface area (Å²) in [5.74, 6) is 4.54. The van der Waals surface area contributed by atoms with E-state index in [1.54, 1.807) is 0 Å². The maximum Gasteiger partial charge on any atom is 0.129 e. The van der Waals surface area contributed by atoms with E-state index >= 15 is 0 Å². The van der Waals surface area contributed by atoms with E-state index in [0.717, 1.165) is 18.3 Å². The van der Waals surface area contributed by atoms with Crippen molar-refractivity contribution in [3.05, 3.63) is 23.9 Å². The van der Waals surface area contributed by atoms with Crippen LogP contribution in [0.1, 0.15) is 31.4 Å². The van der Waals surface area contributed by atoms with Gasteiger partial charge in [-0.15, -0.1) is 6.42 Å². The lowest BCUT2D eigenvalue weighted by Gasteiger charge is -2.22. The molecular weight excluding hydrogens is 222 g/mol. The van der Waals surface area contributed by atoms with Crippen LogP contribution in [0.3, 0.4) is 0 Å². The predicted molar refractivity (Wildman–Crippen MR) is 75.5 cm³/mol. The molecule has 0 spiro atoms. The fourth-order valence-corrected chi connectivity index (χ4v) is 2.00. The normalized spacial score (nSPS) is 16.1. The maximum absolute atomic E-state index is 5.46. The van der Waals surface area contributed by atoms with Gasteiger partial charge in [0.05, 0.1) is 6.54 Å². The first-order chi connectivity index (χ1) is 8.74. The van der Waals surface area contributed by atoms with Crippen LogP contribution in [-0.2, 0) is 0 Å². The zero-order valence-corrected chi connectivity index (χ0v) is 11.2. The average Bonchev–Trinajstić information content (AvgIpc) is 3.21. The van der Waals surface area contributed by atoms with Crippen molar-refractivity contribution in [2.24, 2.45) is 5.92 Å². The molecule has 1 aromatic rings. The number of anilines is 1. The van der Waals surface area contributed by atoms with Crippen LogP contribution in [-0.4, -0.2) is 25.1 Å². The van der Waals surface area contributed by atoms with Crippen molar-refractivity contribution < 1.29 is 0 Å². The van der Waals surface area contributed by atoms with E-state index in [1.807, 2.05) is 13.2 Å². The maximum atomic E-state index is 5.46. The molecule has 1 aliphatic carbocycles. The Labute approximate surface area is 110 Å². The summed E-state index contributed by atoms with van der Waals surface area (Å²) in [5, 5.41) is 3.25. The standard InChI is InChI=1S/C15H21N3/c1-4-9-18(11-13-5-6-13)15-10-14(7-8-17-15)12(2)16-3/h1,7-8,10,12-13,16H,5-6,9,11H2,2-3H3. The molecule has 0 aromatic carbocycles. The van der Waals surface area contributed by atoms with Gasteiger partial charge in [-0.2, -0.15) is 0 Å². The van der Waals surface area contributed by atoms with Gasteiger partial charge in [-0.05, 0) is 50.4 Å². The first-order valence-electron chi connectivity index (χ1n) is 6.56. The topological polar surface area (TPSA) is 28.2 Å². The number of nitrogens with one attached hydrogen (secondary N) is 1. The van der Waals surface area contributed by atoms with Gasteiger partial charge in [0.15, 0.2) is 0 Å². The number of hydrogen-bond donors (Lipinski definition) is 1. The fourth-order valence-electron chi connectivity index (χ4n) is 2.00. The van der Waals surface area contributed by atoms with Gasteiger partial charge in [0.25, 0.3) is 0 Å². The van der Waals surface area contributed by atoms with Gasteiger partial charge < -0.3 is 10.2 Å². The molecule has 1 aliphatic rings. The molecule has 0 bridgehead atoms. The summed E-state index contributed by atoms with van der Waals surface area (Å²) in [6.07, 6.45) is 9.98. The molecule has 1 fully saturated rings. The molecule has 1 unspecified atom stereocenters. The first kappa shape index (κ1) is 12.9. The smallest absolute Gasteiger partial charge is 0.129 e. The summed E-state index contributed by atoms with van der Waals surface area (Å²) in [7, 11) is 1.97. The predicted octanol–water partition coefficient (Wildman–Crippen LogP) is 2.21. The number of rotatable bonds is 6. The van der Waals surface area contributed by atoms with Crippen LogP contribution in [0.25, 0.3) is 0 Å². The second-order valence-corrected chi connectivity index (χ2v) is 4.99. The van der Waals surface area contributed by atoms with E-state index in [1.165, 1.54) is 18.4 Å². The minimum Gasteiger partial charge on any atom is -0.345 e. The number of pyridine rings is 1. The zero-order chi connectivity index (χ0) is 13.0. The van der Waals surface area contributed by atoms with Gasteiger partial charge in [0.1, 0.15) is 5.82 Å². The molecule has 1 heterocycles. The monoisotopic (exact) mass is 243 g/mol. The van der Waals surface area contributed by atoms with Gasteiger partial charge in [0, 0.05) is 18.8 Å². The number of hydrogen-bond acceptors (Lipinski definition) is 3. The summed E-state index contributed by atoms with van der Waals surface area (Å²) in [6.45, 7) is 3.82. The molecule has 3 heteroatoms. The van der Waals surface area contributed by atoms with Crippen LogP contribution in [0.4, 0.5) is 5.82 Å². The largest absolute Gasteiger partial charge is 0.345 e. The van der Waals surface area contributed by atoms with E-state index in [4.69, 9.17) is 6.42 Å². The Morgan fingerprint density at radius 2 is 2.39 bits per heavy atom. The van der Waals surface area contributed by atoms with Gasteiger partial charge >= 0.3 is 0 Å². The second-order valence-electron chi connectivity index (χ2n) is 4.99.